The summed E-state index contributed by atoms with van der Waals surface area (Å²) < 4.78 is 12.3. The summed E-state index contributed by atoms with van der Waals surface area (Å²) in [6, 6.07) is 3.86. The lowest BCUT2D eigenvalue weighted by molar-refractivity contribution is 0.0600. The Kier molecular flexibility index (Phi) is 4.34. The third-order valence-corrected chi connectivity index (χ3v) is 4.86. The van der Waals surface area contributed by atoms with Crippen LogP contribution in [0, 0.1) is 0 Å². The van der Waals surface area contributed by atoms with Gasteiger partial charge in [-0.15, -0.1) is 0 Å². The van der Waals surface area contributed by atoms with Crippen LogP contribution >= 0.6 is 0 Å². The van der Waals surface area contributed by atoms with Crippen molar-refractivity contribution in [2.75, 3.05) is 20.2 Å². The molecule has 26 heavy (non-hydrogen) atoms. The number of carbonyl (C=O) groups is 1. The molecule has 0 bridgehead atoms. The molecule has 0 aliphatic carbocycles. The van der Waals surface area contributed by atoms with E-state index in [1.54, 1.807) is 18.7 Å². The molecule has 3 aliphatic heterocycles. The quantitative estimate of drug-likeness (QED) is 0.702. The van der Waals surface area contributed by atoms with Crippen molar-refractivity contribution in [1.82, 2.24) is 19.7 Å². The molecule has 1 aromatic rings. The molecule has 4 heterocycles. The average molecular weight is 356 g/mol. The first-order valence-corrected chi connectivity index (χ1v) is 8.61. The number of aromatic amines is 1. The summed E-state index contributed by atoms with van der Waals surface area (Å²) in [5.41, 5.74) is 0.638. The Labute approximate surface area is 149 Å². The second kappa shape index (κ2) is 6.80. The van der Waals surface area contributed by atoms with Crippen molar-refractivity contribution in [1.29, 1.82) is 0 Å². The predicted molar refractivity (Wildman–Crippen MR) is 93.1 cm³/mol. The molecular formula is C18H20N4O4. The van der Waals surface area contributed by atoms with E-state index in [-0.39, 0.29) is 17.2 Å². The lowest BCUT2D eigenvalue weighted by Gasteiger charge is -2.27. The smallest absolute Gasteiger partial charge is 0.341 e. The van der Waals surface area contributed by atoms with Gasteiger partial charge in [-0.2, -0.15) is 5.10 Å². The van der Waals surface area contributed by atoms with Crippen LogP contribution in [0.25, 0.3) is 11.3 Å². The summed E-state index contributed by atoms with van der Waals surface area (Å²) in [5, 5.41) is 6.36. The number of carbonyl (C=O) groups excluding carboxylic acids is 1. The zero-order valence-corrected chi connectivity index (χ0v) is 14.5. The van der Waals surface area contributed by atoms with E-state index in [1.807, 2.05) is 16.7 Å². The molecule has 1 fully saturated rings. The summed E-state index contributed by atoms with van der Waals surface area (Å²) in [6.07, 6.45) is 7.37. The van der Waals surface area contributed by atoms with Crippen LogP contribution in [-0.2, 0) is 11.3 Å². The molecule has 136 valence electrons. The molecule has 1 saturated heterocycles. The number of H-pyrrole nitrogens is 1. The summed E-state index contributed by atoms with van der Waals surface area (Å²) in [4.78, 5) is 26.6. The molecule has 1 atom stereocenters. The van der Waals surface area contributed by atoms with Crippen molar-refractivity contribution in [3.8, 4) is 11.3 Å². The number of aromatic nitrogens is 3. The highest BCUT2D eigenvalue weighted by atomic mass is 16.5. The number of likely N-dealkylation sites (tertiary alicyclic amines) is 1. The SMILES string of the molecule is COC(=O)c1cn(C[C@@H](c2ccco2)N2CCCC2)cc2c(=O)[nH]nc1-2. The number of pyridine rings is 1. The van der Waals surface area contributed by atoms with Crippen molar-refractivity contribution in [3.63, 3.8) is 0 Å². The van der Waals surface area contributed by atoms with Crippen LogP contribution < -0.4 is 5.56 Å². The van der Waals surface area contributed by atoms with Crippen LogP contribution in [0.5, 0.6) is 0 Å². The van der Waals surface area contributed by atoms with Crippen LogP contribution in [0.3, 0.4) is 0 Å². The molecule has 8 heteroatoms. The molecule has 8 nitrogen and oxygen atoms in total. The van der Waals surface area contributed by atoms with E-state index in [1.165, 1.54) is 7.11 Å². The van der Waals surface area contributed by atoms with Gasteiger partial charge < -0.3 is 13.7 Å². The van der Waals surface area contributed by atoms with E-state index in [4.69, 9.17) is 9.15 Å². The standard InChI is InChI=1S/C18H20N4O4/c1-25-18(24)13-10-21(9-12-16(13)19-20-17(12)23)11-14(15-5-4-8-26-15)22-6-2-3-7-22/h4-5,8-10,14H,2-3,6-7,11H2,1H3,(H,20,23)/t14-/m0/s1. The number of hydrogen-bond acceptors (Lipinski definition) is 6. The topological polar surface area (TPSA) is 93.4 Å². The third-order valence-electron chi connectivity index (χ3n) is 4.86. The molecule has 4 rings (SSSR count). The van der Waals surface area contributed by atoms with Gasteiger partial charge in [-0.25, -0.2) is 9.89 Å². The Bertz CT molecular complexity index is 921. The molecule has 1 aromatic heterocycles. The van der Waals surface area contributed by atoms with E-state index in [0.29, 0.717) is 17.8 Å². The van der Waals surface area contributed by atoms with Gasteiger partial charge in [0.25, 0.3) is 5.56 Å². The van der Waals surface area contributed by atoms with Gasteiger partial charge in [-0.05, 0) is 38.1 Å². The second-order valence-electron chi connectivity index (χ2n) is 6.45. The summed E-state index contributed by atoms with van der Waals surface area (Å²) >= 11 is 0. The van der Waals surface area contributed by atoms with Crippen LogP contribution in [0.15, 0.2) is 40.0 Å². The van der Waals surface area contributed by atoms with Gasteiger partial charge in [0.2, 0.25) is 0 Å². The number of hydrogen-bond donors (Lipinski definition) is 1. The second-order valence-corrected chi connectivity index (χ2v) is 6.45. The Hall–Kier alpha value is -2.87. The van der Waals surface area contributed by atoms with E-state index >= 15 is 0 Å². The normalized spacial score (nSPS) is 16.2. The van der Waals surface area contributed by atoms with Gasteiger partial charge in [0.05, 0.1) is 25.0 Å². The van der Waals surface area contributed by atoms with Gasteiger partial charge in [0, 0.05) is 18.9 Å². The minimum atomic E-state index is -0.522. The van der Waals surface area contributed by atoms with Crippen LogP contribution in [0.1, 0.15) is 35.0 Å². The highest BCUT2D eigenvalue weighted by Gasteiger charge is 2.28. The molecule has 0 aromatic carbocycles. The van der Waals surface area contributed by atoms with Gasteiger partial charge >= 0.3 is 5.97 Å². The van der Waals surface area contributed by atoms with Gasteiger partial charge in [0.1, 0.15) is 17.0 Å². The highest BCUT2D eigenvalue weighted by molar-refractivity contribution is 5.95. The minimum Gasteiger partial charge on any atom is -0.468 e. The first-order chi connectivity index (χ1) is 12.7. The first kappa shape index (κ1) is 16.6. The molecule has 3 aliphatic rings. The maximum atomic E-state index is 12.1. The Morgan fingerprint density at radius 3 is 2.88 bits per heavy atom. The summed E-state index contributed by atoms with van der Waals surface area (Å²) in [7, 11) is 1.31. The minimum absolute atomic E-state index is 0.0300. The lowest BCUT2D eigenvalue weighted by Crippen LogP contribution is -2.29. The first-order valence-electron chi connectivity index (χ1n) is 8.61. The zero-order valence-electron chi connectivity index (χ0n) is 14.5. The number of methoxy groups -OCH3 is 1. The van der Waals surface area contributed by atoms with E-state index in [2.05, 4.69) is 15.1 Å². The highest BCUT2D eigenvalue weighted by Crippen LogP contribution is 2.28. The number of fused-ring (bicyclic) bond motifs is 1. The lowest BCUT2D eigenvalue weighted by atomic mass is 10.1. The van der Waals surface area contributed by atoms with Crippen LogP contribution in [0.2, 0.25) is 0 Å². The van der Waals surface area contributed by atoms with Gasteiger partial charge in [-0.3, -0.25) is 9.69 Å². The van der Waals surface area contributed by atoms with Crippen molar-refractivity contribution in [3.05, 3.63) is 52.5 Å². The Morgan fingerprint density at radius 1 is 1.38 bits per heavy atom. The van der Waals surface area contributed by atoms with Gasteiger partial charge in [0.15, 0.2) is 0 Å². The Morgan fingerprint density at radius 2 is 2.19 bits per heavy atom. The van der Waals surface area contributed by atoms with E-state index in [0.717, 1.165) is 31.7 Å². The van der Waals surface area contributed by atoms with Crippen LogP contribution in [-0.4, -0.2) is 45.8 Å². The number of rotatable bonds is 5. The number of ether oxygens (including phenoxy) is 1. The Balaban J connectivity index is 1.75. The number of nitrogens with one attached hydrogen (secondary N) is 1. The largest absolute Gasteiger partial charge is 0.468 e. The van der Waals surface area contributed by atoms with Crippen LogP contribution in [0.4, 0.5) is 0 Å². The van der Waals surface area contributed by atoms with Crippen molar-refractivity contribution >= 4 is 5.97 Å². The maximum absolute atomic E-state index is 12.1. The van der Waals surface area contributed by atoms with E-state index < -0.39 is 5.97 Å². The summed E-state index contributed by atoms with van der Waals surface area (Å²) in [5.74, 6) is 0.347. The molecule has 1 N–H and O–H groups in total. The fourth-order valence-corrected chi connectivity index (χ4v) is 3.57. The fourth-order valence-electron chi connectivity index (χ4n) is 3.57. The summed E-state index contributed by atoms with van der Waals surface area (Å²) in [6.45, 7) is 2.55. The predicted octanol–water partition coefficient (Wildman–Crippen LogP) is 1.89. The van der Waals surface area contributed by atoms with Crippen molar-refractivity contribution < 1.29 is 13.9 Å². The number of nitrogens with zero attached hydrogens (tertiary/aromatic N) is 3. The average Bonchev–Trinajstić information content (AvgIpc) is 3.41. The van der Waals surface area contributed by atoms with E-state index in [9.17, 15) is 9.59 Å². The van der Waals surface area contributed by atoms with Crippen molar-refractivity contribution in [2.45, 2.75) is 25.4 Å². The third kappa shape index (κ3) is 2.92. The molecule has 0 spiro atoms. The van der Waals surface area contributed by atoms with Gasteiger partial charge in [-0.1, -0.05) is 0 Å². The molecule has 0 amide bonds. The maximum Gasteiger partial charge on any atom is 0.341 e. The molecular weight excluding hydrogens is 336 g/mol. The fraction of sp³-hybridized carbons (Fsp3) is 0.389. The molecule has 0 saturated carbocycles. The van der Waals surface area contributed by atoms with Crippen molar-refractivity contribution in [2.24, 2.45) is 0 Å². The molecule has 0 radical (unpaired) electrons. The molecule has 0 unspecified atom stereocenters. The number of esters is 1. The monoisotopic (exact) mass is 356 g/mol. The number of furan rings is 1. The zero-order chi connectivity index (χ0) is 18.1.